The molecule has 0 spiro atoms. The molecule has 0 radical (unpaired) electrons. The van der Waals surface area contributed by atoms with Crippen molar-refractivity contribution in [2.24, 2.45) is 5.92 Å². The van der Waals surface area contributed by atoms with Gasteiger partial charge in [-0.3, -0.25) is 9.59 Å². The van der Waals surface area contributed by atoms with Crippen molar-refractivity contribution in [1.29, 1.82) is 0 Å². The zero-order chi connectivity index (χ0) is 18.8. The minimum Gasteiger partial charge on any atom is -0.396 e. The molecule has 0 bridgehead atoms. The van der Waals surface area contributed by atoms with E-state index in [9.17, 15) is 9.59 Å². The number of aliphatic hydroxyl groups excluding tert-OH is 1. The Morgan fingerprint density at radius 2 is 1.67 bits per heavy atom. The second kappa shape index (κ2) is 11.5. The second-order valence-electron chi connectivity index (χ2n) is 7.90. The lowest BCUT2D eigenvalue weighted by atomic mass is 9.98. The largest absolute Gasteiger partial charge is 0.396 e. The number of carbonyl (C=O) groups excluding carboxylic acids is 2. The van der Waals surface area contributed by atoms with E-state index in [4.69, 9.17) is 5.11 Å². The van der Waals surface area contributed by atoms with Gasteiger partial charge in [0.25, 0.3) is 0 Å². The smallest absolute Gasteiger partial charge is 0.243 e. The zero-order valence-electron chi connectivity index (χ0n) is 16.5. The molecule has 142 valence electrons. The van der Waals surface area contributed by atoms with Gasteiger partial charge in [-0.05, 0) is 46.0 Å². The average Bonchev–Trinajstić information content (AvgIpc) is 2.43. The first-order chi connectivity index (χ1) is 11.1. The summed E-state index contributed by atoms with van der Waals surface area (Å²) in [6.07, 6.45) is 4.83. The van der Waals surface area contributed by atoms with Crippen molar-refractivity contribution < 1.29 is 14.7 Å². The molecule has 0 aliphatic rings. The molecule has 1 atom stereocenters. The third-order valence-electron chi connectivity index (χ3n) is 3.83. The fourth-order valence-corrected chi connectivity index (χ4v) is 2.77. The summed E-state index contributed by atoms with van der Waals surface area (Å²) in [7, 11) is 0. The van der Waals surface area contributed by atoms with E-state index in [1.807, 2.05) is 41.5 Å². The van der Waals surface area contributed by atoms with E-state index in [1.165, 1.54) is 0 Å². The van der Waals surface area contributed by atoms with Crippen molar-refractivity contribution in [3.05, 3.63) is 0 Å². The van der Waals surface area contributed by atoms with Crippen LogP contribution in [0.2, 0.25) is 0 Å². The van der Waals surface area contributed by atoms with Gasteiger partial charge in [0.2, 0.25) is 11.8 Å². The van der Waals surface area contributed by atoms with Crippen LogP contribution in [0.25, 0.3) is 0 Å². The maximum absolute atomic E-state index is 12.7. The van der Waals surface area contributed by atoms with E-state index in [1.54, 1.807) is 4.90 Å². The highest BCUT2D eigenvalue weighted by Gasteiger charge is 2.33. The number of nitrogens with zero attached hydrogens (tertiary/aromatic N) is 1. The molecule has 5 nitrogen and oxygen atoms in total. The number of carbonyl (C=O) groups is 2. The van der Waals surface area contributed by atoms with Crippen LogP contribution in [-0.2, 0) is 9.59 Å². The Hall–Kier alpha value is -1.10. The quantitative estimate of drug-likeness (QED) is 0.567. The summed E-state index contributed by atoms with van der Waals surface area (Å²) in [6.45, 7) is 12.6. The molecule has 0 aromatic rings. The number of amides is 2. The molecule has 1 unspecified atom stereocenters. The lowest BCUT2D eigenvalue weighted by molar-refractivity contribution is -0.143. The summed E-state index contributed by atoms with van der Waals surface area (Å²) < 4.78 is 0. The van der Waals surface area contributed by atoms with Gasteiger partial charge in [0.05, 0.1) is 0 Å². The van der Waals surface area contributed by atoms with Crippen LogP contribution in [0, 0.1) is 5.92 Å². The Labute approximate surface area is 148 Å². The second-order valence-corrected chi connectivity index (χ2v) is 7.90. The summed E-state index contributed by atoms with van der Waals surface area (Å²) in [4.78, 5) is 27.1. The summed E-state index contributed by atoms with van der Waals surface area (Å²) >= 11 is 0. The first-order valence-corrected chi connectivity index (χ1v) is 9.36. The van der Waals surface area contributed by atoms with Crippen LogP contribution in [0.4, 0.5) is 0 Å². The summed E-state index contributed by atoms with van der Waals surface area (Å²) in [5.74, 6) is 0.0466. The Morgan fingerprint density at radius 1 is 1.08 bits per heavy atom. The number of aliphatic hydroxyl groups is 1. The van der Waals surface area contributed by atoms with E-state index >= 15 is 0 Å². The van der Waals surface area contributed by atoms with Crippen molar-refractivity contribution in [3.8, 4) is 0 Å². The van der Waals surface area contributed by atoms with Crippen LogP contribution < -0.4 is 5.32 Å². The molecular weight excluding hydrogens is 304 g/mol. The molecule has 0 rings (SSSR count). The molecule has 0 aliphatic heterocycles. The fraction of sp³-hybridized carbons (Fsp3) is 0.895. The third kappa shape index (κ3) is 9.26. The monoisotopic (exact) mass is 342 g/mol. The first kappa shape index (κ1) is 22.9. The van der Waals surface area contributed by atoms with Gasteiger partial charge >= 0.3 is 0 Å². The first-order valence-electron chi connectivity index (χ1n) is 9.36. The molecular formula is C19H38N2O3. The van der Waals surface area contributed by atoms with Gasteiger partial charge in [-0.2, -0.15) is 0 Å². The lowest BCUT2D eigenvalue weighted by Gasteiger charge is -2.35. The Balaban J connectivity index is 5.07. The Morgan fingerprint density at radius 3 is 2.12 bits per heavy atom. The van der Waals surface area contributed by atoms with E-state index in [0.29, 0.717) is 13.0 Å². The third-order valence-corrected chi connectivity index (χ3v) is 3.83. The lowest BCUT2D eigenvalue weighted by Crippen LogP contribution is -2.56. The van der Waals surface area contributed by atoms with Crippen molar-refractivity contribution >= 4 is 11.8 Å². The van der Waals surface area contributed by atoms with Gasteiger partial charge in [0, 0.05) is 25.1 Å². The SMILES string of the molecule is CCCC(=O)N(CCCCCCO)C(C(=O)NC(C)(C)C)C(C)C. The minimum absolute atomic E-state index is 0.0578. The van der Waals surface area contributed by atoms with Crippen LogP contribution in [-0.4, -0.2) is 46.6 Å². The molecule has 24 heavy (non-hydrogen) atoms. The van der Waals surface area contributed by atoms with E-state index in [2.05, 4.69) is 5.32 Å². The van der Waals surface area contributed by atoms with Gasteiger partial charge in [0.1, 0.15) is 6.04 Å². The molecule has 0 heterocycles. The van der Waals surface area contributed by atoms with Crippen molar-refractivity contribution in [1.82, 2.24) is 10.2 Å². The van der Waals surface area contributed by atoms with E-state index in [0.717, 1.165) is 32.1 Å². The number of nitrogens with one attached hydrogen (secondary N) is 1. The molecule has 2 amide bonds. The van der Waals surface area contributed by atoms with Crippen molar-refractivity contribution in [3.63, 3.8) is 0 Å². The molecule has 0 fully saturated rings. The summed E-state index contributed by atoms with van der Waals surface area (Å²) in [6, 6.07) is -0.430. The van der Waals surface area contributed by atoms with Gasteiger partial charge in [-0.1, -0.05) is 33.6 Å². The average molecular weight is 343 g/mol. The molecule has 2 N–H and O–H groups in total. The highest BCUT2D eigenvalue weighted by molar-refractivity contribution is 5.88. The van der Waals surface area contributed by atoms with Gasteiger partial charge in [-0.15, -0.1) is 0 Å². The number of rotatable bonds is 11. The van der Waals surface area contributed by atoms with Crippen molar-refractivity contribution in [2.45, 2.75) is 91.6 Å². The number of unbranched alkanes of at least 4 members (excludes halogenated alkanes) is 3. The molecule has 0 saturated heterocycles. The standard InChI is InChI=1S/C19H38N2O3/c1-7-12-16(23)21(13-10-8-9-11-14-22)17(15(2)3)18(24)20-19(4,5)6/h15,17,22H,7-14H2,1-6H3,(H,20,24). The molecule has 0 aromatic heterocycles. The predicted molar refractivity (Wildman–Crippen MR) is 98.7 cm³/mol. The van der Waals surface area contributed by atoms with Crippen LogP contribution in [0.5, 0.6) is 0 Å². The molecule has 0 saturated carbocycles. The predicted octanol–water partition coefficient (Wildman–Crippen LogP) is 3.11. The van der Waals surface area contributed by atoms with Gasteiger partial charge in [-0.25, -0.2) is 0 Å². The van der Waals surface area contributed by atoms with E-state index < -0.39 is 6.04 Å². The Bertz CT molecular complexity index is 375. The van der Waals surface area contributed by atoms with Gasteiger partial charge < -0.3 is 15.3 Å². The van der Waals surface area contributed by atoms with Crippen molar-refractivity contribution in [2.75, 3.05) is 13.2 Å². The van der Waals surface area contributed by atoms with Gasteiger partial charge in [0.15, 0.2) is 0 Å². The maximum atomic E-state index is 12.7. The van der Waals surface area contributed by atoms with Crippen LogP contribution in [0.1, 0.15) is 80.1 Å². The molecule has 5 heteroatoms. The number of hydrogen-bond acceptors (Lipinski definition) is 3. The van der Waals surface area contributed by atoms with Crippen LogP contribution in [0.3, 0.4) is 0 Å². The number of hydrogen-bond donors (Lipinski definition) is 2. The normalized spacial score (nSPS) is 13.0. The zero-order valence-corrected chi connectivity index (χ0v) is 16.5. The minimum atomic E-state index is -0.430. The summed E-state index contributed by atoms with van der Waals surface area (Å²) in [5, 5.41) is 11.9. The molecule has 0 aromatic carbocycles. The highest BCUT2D eigenvalue weighted by atomic mass is 16.3. The van der Waals surface area contributed by atoms with Crippen LogP contribution >= 0.6 is 0 Å². The maximum Gasteiger partial charge on any atom is 0.243 e. The van der Waals surface area contributed by atoms with Crippen LogP contribution in [0.15, 0.2) is 0 Å². The summed E-state index contributed by atoms with van der Waals surface area (Å²) in [5.41, 5.74) is -0.315. The van der Waals surface area contributed by atoms with E-state index in [-0.39, 0.29) is 29.9 Å². The topological polar surface area (TPSA) is 69.6 Å². The highest BCUT2D eigenvalue weighted by Crippen LogP contribution is 2.17. The Kier molecular flexibility index (Phi) is 10.9. The molecule has 0 aliphatic carbocycles. The fourth-order valence-electron chi connectivity index (χ4n) is 2.77.